The number of esters is 1. The molecule has 150 valence electrons. The second kappa shape index (κ2) is 8.96. The summed E-state index contributed by atoms with van der Waals surface area (Å²) < 4.78 is 53.0. The molecular formula is C21H15ClF3NO3. The number of ether oxygens (including phenoxy) is 2. The molecule has 0 aliphatic heterocycles. The Labute approximate surface area is 169 Å². The van der Waals surface area contributed by atoms with Crippen molar-refractivity contribution in [2.75, 3.05) is 7.11 Å². The highest BCUT2D eigenvalue weighted by atomic mass is 35.5. The number of carbonyl (C=O) groups is 1. The van der Waals surface area contributed by atoms with Crippen LogP contribution in [0.25, 0.3) is 11.1 Å². The number of carbonyl (C=O) groups excluding carboxylic acids is 1. The molecule has 0 aliphatic carbocycles. The van der Waals surface area contributed by atoms with Gasteiger partial charge in [-0.05, 0) is 36.4 Å². The van der Waals surface area contributed by atoms with Crippen molar-refractivity contribution in [3.05, 3.63) is 82.3 Å². The molecule has 3 aromatic rings. The molecule has 3 rings (SSSR count). The highest BCUT2D eigenvalue weighted by molar-refractivity contribution is 6.30. The number of methoxy groups -OCH3 is 1. The van der Waals surface area contributed by atoms with Gasteiger partial charge in [0.05, 0.1) is 13.5 Å². The van der Waals surface area contributed by atoms with E-state index in [1.807, 2.05) is 0 Å². The summed E-state index contributed by atoms with van der Waals surface area (Å²) in [5.41, 5.74) is 0.178. The van der Waals surface area contributed by atoms with Crippen molar-refractivity contribution in [1.82, 2.24) is 4.98 Å². The van der Waals surface area contributed by atoms with Crippen molar-refractivity contribution in [3.63, 3.8) is 0 Å². The lowest BCUT2D eigenvalue weighted by atomic mass is 10.0. The molecule has 0 radical (unpaired) electrons. The van der Waals surface area contributed by atoms with Crippen LogP contribution in [-0.2, 0) is 22.6 Å². The van der Waals surface area contributed by atoms with Crippen LogP contribution in [-0.4, -0.2) is 18.1 Å². The van der Waals surface area contributed by atoms with Gasteiger partial charge in [-0.1, -0.05) is 17.7 Å². The third-order valence-electron chi connectivity index (χ3n) is 4.14. The highest BCUT2D eigenvalue weighted by Crippen LogP contribution is 2.32. The first-order valence-corrected chi connectivity index (χ1v) is 8.83. The zero-order chi connectivity index (χ0) is 21.0. The molecule has 2 aromatic carbocycles. The summed E-state index contributed by atoms with van der Waals surface area (Å²) in [6, 6.07) is 9.04. The maximum Gasteiger partial charge on any atom is 0.310 e. The maximum absolute atomic E-state index is 14.6. The van der Waals surface area contributed by atoms with Gasteiger partial charge in [0, 0.05) is 33.5 Å². The second-order valence-corrected chi connectivity index (χ2v) is 6.49. The summed E-state index contributed by atoms with van der Waals surface area (Å²) in [5, 5.41) is 0.245. The van der Waals surface area contributed by atoms with Crippen LogP contribution in [0.15, 0.2) is 48.7 Å². The lowest BCUT2D eigenvalue weighted by Gasteiger charge is -2.13. The Balaban J connectivity index is 1.90. The molecule has 1 heterocycles. The molecule has 0 fully saturated rings. The van der Waals surface area contributed by atoms with Crippen LogP contribution in [0.1, 0.15) is 11.1 Å². The molecule has 0 saturated heterocycles. The van der Waals surface area contributed by atoms with E-state index in [9.17, 15) is 18.0 Å². The van der Waals surface area contributed by atoms with Gasteiger partial charge in [-0.15, -0.1) is 0 Å². The van der Waals surface area contributed by atoms with Crippen molar-refractivity contribution >= 4 is 17.6 Å². The monoisotopic (exact) mass is 421 g/mol. The Bertz CT molecular complexity index is 1060. The van der Waals surface area contributed by atoms with E-state index < -0.39 is 29.8 Å². The maximum atomic E-state index is 14.6. The smallest absolute Gasteiger partial charge is 0.310 e. The Morgan fingerprint density at radius 2 is 1.76 bits per heavy atom. The molecular weight excluding hydrogens is 407 g/mol. The van der Waals surface area contributed by atoms with Gasteiger partial charge in [0.2, 0.25) is 5.88 Å². The molecule has 0 unspecified atom stereocenters. The average molecular weight is 422 g/mol. The Morgan fingerprint density at radius 1 is 1.00 bits per heavy atom. The van der Waals surface area contributed by atoms with Gasteiger partial charge in [-0.3, -0.25) is 4.79 Å². The Morgan fingerprint density at radius 3 is 2.48 bits per heavy atom. The average Bonchev–Trinajstić information content (AvgIpc) is 2.70. The molecule has 4 nitrogen and oxygen atoms in total. The van der Waals surface area contributed by atoms with Crippen LogP contribution < -0.4 is 4.74 Å². The number of rotatable bonds is 6. The van der Waals surface area contributed by atoms with Crippen LogP contribution in [0, 0.1) is 17.5 Å². The highest BCUT2D eigenvalue weighted by Gasteiger charge is 2.18. The molecule has 0 N–H and O–H groups in total. The Hall–Kier alpha value is -3.06. The van der Waals surface area contributed by atoms with Crippen LogP contribution in [0.2, 0.25) is 5.02 Å². The number of benzene rings is 2. The van der Waals surface area contributed by atoms with E-state index in [1.165, 1.54) is 30.5 Å². The summed E-state index contributed by atoms with van der Waals surface area (Å²) in [7, 11) is 1.16. The first-order chi connectivity index (χ1) is 13.9. The van der Waals surface area contributed by atoms with Crippen LogP contribution in [0.5, 0.6) is 5.88 Å². The summed E-state index contributed by atoms with van der Waals surface area (Å²) in [4.78, 5) is 15.4. The fourth-order valence-corrected chi connectivity index (χ4v) is 2.81. The minimum atomic E-state index is -0.773. The number of halogens is 4. The van der Waals surface area contributed by atoms with Gasteiger partial charge in [-0.25, -0.2) is 18.2 Å². The third kappa shape index (κ3) is 4.86. The van der Waals surface area contributed by atoms with Crippen LogP contribution in [0.3, 0.4) is 0 Å². The van der Waals surface area contributed by atoms with Crippen molar-refractivity contribution in [3.8, 4) is 17.0 Å². The quantitative estimate of drug-likeness (QED) is 0.519. The topological polar surface area (TPSA) is 48.4 Å². The van der Waals surface area contributed by atoms with E-state index in [-0.39, 0.29) is 39.8 Å². The molecule has 0 bridgehead atoms. The normalized spacial score (nSPS) is 10.7. The fraction of sp³-hybridized carbons (Fsp3) is 0.143. The number of hydrogen-bond donors (Lipinski definition) is 0. The minimum Gasteiger partial charge on any atom is -0.472 e. The molecule has 0 atom stereocenters. The van der Waals surface area contributed by atoms with Crippen LogP contribution in [0.4, 0.5) is 13.2 Å². The molecule has 0 amide bonds. The Kier molecular flexibility index (Phi) is 6.39. The minimum absolute atomic E-state index is 0.000804. The summed E-state index contributed by atoms with van der Waals surface area (Å²) >= 11 is 5.73. The molecule has 29 heavy (non-hydrogen) atoms. The predicted octanol–water partition coefficient (Wildman–Crippen LogP) is 5.11. The fourth-order valence-electron chi connectivity index (χ4n) is 2.65. The second-order valence-electron chi connectivity index (χ2n) is 6.06. The largest absolute Gasteiger partial charge is 0.472 e. The molecule has 0 spiro atoms. The predicted molar refractivity (Wildman–Crippen MR) is 101 cm³/mol. The van der Waals surface area contributed by atoms with Gasteiger partial charge in [0.25, 0.3) is 0 Å². The van der Waals surface area contributed by atoms with E-state index in [4.69, 9.17) is 16.3 Å². The number of pyridine rings is 1. The van der Waals surface area contributed by atoms with Crippen molar-refractivity contribution in [2.45, 2.75) is 13.0 Å². The lowest BCUT2D eigenvalue weighted by Crippen LogP contribution is -2.07. The van der Waals surface area contributed by atoms with Crippen molar-refractivity contribution < 1.29 is 27.4 Å². The lowest BCUT2D eigenvalue weighted by molar-refractivity contribution is -0.139. The van der Waals surface area contributed by atoms with Gasteiger partial charge >= 0.3 is 5.97 Å². The van der Waals surface area contributed by atoms with Crippen molar-refractivity contribution in [1.29, 1.82) is 0 Å². The number of nitrogens with zero attached hydrogens (tertiary/aromatic N) is 1. The van der Waals surface area contributed by atoms with E-state index >= 15 is 0 Å². The van der Waals surface area contributed by atoms with Crippen molar-refractivity contribution in [2.24, 2.45) is 0 Å². The number of hydrogen-bond acceptors (Lipinski definition) is 4. The molecule has 0 aliphatic rings. The third-order valence-corrected chi connectivity index (χ3v) is 4.37. The van der Waals surface area contributed by atoms with Crippen LogP contribution >= 0.6 is 11.6 Å². The molecule has 1 aromatic heterocycles. The van der Waals surface area contributed by atoms with Gasteiger partial charge in [-0.2, -0.15) is 0 Å². The number of aromatic nitrogens is 1. The van der Waals surface area contributed by atoms with E-state index in [0.29, 0.717) is 0 Å². The van der Waals surface area contributed by atoms with E-state index in [1.54, 1.807) is 0 Å². The standard InChI is InChI=1S/C21H15ClF3NO3/c1-28-20(27)8-13-7-19(25)16(10-18(13)24)15-3-2-6-26-21(15)29-11-12-4-5-14(22)9-17(12)23/h2-7,9-10H,8,11H2,1H3. The van der Waals surface area contributed by atoms with E-state index in [0.717, 1.165) is 25.3 Å². The zero-order valence-electron chi connectivity index (χ0n) is 15.2. The first kappa shape index (κ1) is 20.7. The van der Waals surface area contributed by atoms with E-state index in [2.05, 4.69) is 9.72 Å². The van der Waals surface area contributed by atoms with Gasteiger partial charge in [0.15, 0.2) is 0 Å². The summed E-state index contributed by atoms with van der Waals surface area (Å²) in [5.74, 6) is -2.78. The molecule has 0 saturated carbocycles. The SMILES string of the molecule is COC(=O)Cc1cc(F)c(-c2cccnc2OCc2ccc(Cl)cc2F)cc1F. The van der Waals surface area contributed by atoms with Gasteiger partial charge in [0.1, 0.15) is 24.1 Å². The first-order valence-electron chi connectivity index (χ1n) is 8.46. The zero-order valence-corrected chi connectivity index (χ0v) is 16.0. The summed E-state index contributed by atoms with van der Waals surface area (Å²) in [6.07, 6.45) is 1.02. The van der Waals surface area contributed by atoms with Gasteiger partial charge < -0.3 is 9.47 Å². The summed E-state index contributed by atoms with van der Waals surface area (Å²) in [6.45, 7) is -0.183. The molecule has 8 heteroatoms.